The lowest BCUT2D eigenvalue weighted by molar-refractivity contribution is -0.138. The Morgan fingerprint density at radius 3 is 2.20 bits per heavy atom. The summed E-state index contributed by atoms with van der Waals surface area (Å²) in [5.74, 6) is 3.25. The minimum atomic E-state index is 0.0564. The van der Waals surface area contributed by atoms with Gasteiger partial charge in [0.05, 0.1) is 6.04 Å². The van der Waals surface area contributed by atoms with Crippen molar-refractivity contribution in [1.29, 1.82) is 0 Å². The molecule has 4 aliphatic rings. The summed E-state index contributed by atoms with van der Waals surface area (Å²) >= 11 is 0. The molecule has 0 amide bonds. The molecule has 20 heavy (non-hydrogen) atoms. The number of Topliss-reactive ketones (excluding diaryl/α,β-unsaturated/α-hetero) is 1. The second-order valence-corrected chi connectivity index (χ2v) is 7.79. The van der Waals surface area contributed by atoms with Crippen molar-refractivity contribution in [1.82, 2.24) is 4.90 Å². The number of carbonyl (C=O) groups is 1. The van der Waals surface area contributed by atoms with Gasteiger partial charge in [-0.15, -0.1) is 0 Å². The third-order valence-electron chi connectivity index (χ3n) is 6.65. The molecule has 4 rings (SSSR count). The second kappa shape index (κ2) is 5.44. The minimum absolute atomic E-state index is 0.0564. The first kappa shape index (κ1) is 14.6. The van der Waals surface area contributed by atoms with Gasteiger partial charge in [0, 0.05) is 5.41 Å². The van der Waals surface area contributed by atoms with Crippen LogP contribution in [0.3, 0.4) is 0 Å². The van der Waals surface area contributed by atoms with Crippen LogP contribution < -0.4 is 0 Å². The predicted octanol–water partition coefficient (Wildman–Crippen LogP) is 3.89. The summed E-state index contributed by atoms with van der Waals surface area (Å²) in [7, 11) is 0. The van der Waals surface area contributed by atoms with Gasteiger partial charge in [0.25, 0.3) is 0 Å². The standard InChI is InChI=1S/C18H31NO/c1-4-19(5-2)13(3)17(20)18-7-6-14-8-15(11-18)10-16(9-14)12-18/h13-16H,4-12H2,1-3H3/t13-,14?,15-,16+,18?/m1/s1. The largest absolute Gasteiger partial charge is 0.297 e. The van der Waals surface area contributed by atoms with Crippen LogP contribution in [0, 0.1) is 23.2 Å². The molecule has 4 aliphatic carbocycles. The molecule has 2 unspecified atom stereocenters. The molecular formula is C18H31NO. The van der Waals surface area contributed by atoms with Gasteiger partial charge in [-0.3, -0.25) is 9.69 Å². The second-order valence-electron chi connectivity index (χ2n) is 7.79. The number of nitrogens with zero attached hydrogens (tertiary/aromatic N) is 1. The third kappa shape index (κ3) is 2.34. The molecule has 0 N–H and O–H groups in total. The Hall–Kier alpha value is -0.370. The van der Waals surface area contributed by atoms with E-state index in [-0.39, 0.29) is 11.5 Å². The van der Waals surface area contributed by atoms with E-state index in [0.717, 1.165) is 30.8 Å². The Balaban J connectivity index is 1.82. The fourth-order valence-electron chi connectivity index (χ4n) is 5.85. The zero-order valence-electron chi connectivity index (χ0n) is 13.5. The number of ketones is 1. The SMILES string of the molecule is CCN(CC)[C@H](C)C(=O)C12CCC3C[C@H](C[C@H](C3)C1)C2. The first-order valence-corrected chi connectivity index (χ1v) is 8.86. The summed E-state index contributed by atoms with van der Waals surface area (Å²) in [6, 6.07) is 0.124. The Kier molecular flexibility index (Phi) is 3.96. The van der Waals surface area contributed by atoms with Crippen molar-refractivity contribution in [3.05, 3.63) is 0 Å². The van der Waals surface area contributed by atoms with Crippen molar-refractivity contribution in [2.24, 2.45) is 23.2 Å². The van der Waals surface area contributed by atoms with E-state index in [4.69, 9.17) is 0 Å². The Bertz CT molecular complexity index is 360. The summed E-state index contributed by atoms with van der Waals surface area (Å²) in [5, 5.41) is 0. The van der Waals surface area contributed by atoms with Gasteiger partial charge in [0.2, 0.25) is 0 Å². The lowest BCUT2D eigenvalue weighted by atomic mass is 9.59. The lowest BCUT2D eigenvalue weighted by Gasteiger charge is -2.46. The van der Waals surface area contributed by atoms with Crippen LogP contribution in [-0.4, -0.2) is 29.8 Å². The highest BCUT2D eigenvalue weighted by Gasteiger charge is 2.52. The number of rotatable bonds is 5. The maximum absolute atomic E-state index is 13.3. The van der Waals surface area contributed by atoms with Crippen LogP contribution >= 0.6 is 0 Å². The molecule has 0 radical (unpaired) electrons. The van der Waals surface area contributed by atoms with E-state index >= 15 is 0 Å². The van der Waals surface area contributed by atoms with Crippen molar-refractivity contribution in [3.8, 4) is 0 Å². The van der Waals surface area contributed by atoms with E-state index in [1.165, 1.54) is 44.9 Å². The quantitative estimate of drug-likeness (QED) is 0.760. The van der Waals surface area contributed by atoms with Gasteiger partial charge in [0.15, 0.2) is 5.78 Å². The summed E-state index contributed by atoms with van der Waals surface area (Å²) in [6.45, 7) is 8.50. The van der Waals surface area contributed by atoms with E-state index in [1.807, 2.05) is 0 Å². The fourth-order valence-corrected chi connectivity index (χ4v) is 5.85. The Morgan fingerprint density at radius 1 is 1.10 bits per heavy atom. The highest BCUT2D eigenvalue weighted by atomic mass is 16.1. The molecule has 0 aromatic carbocycles. The van der Waals surface area contributed by atoms with E-state index in [1.54, 1.807) is 0 Å². The van der Waals surface area contributed by atoms with Crippen molar-refractivity contribution in [3.63, 3.8) is 0 Å². The third-order valence-corrected chi connectivity index (χ3v) is 6.65. The molecule has 5 atom stereocenters. The molecule has 0 aromatic heterocycles. The van der Waals surface area contributed by atoms with Crippen LogP contribution in [-0.2, 0) is 4.79 Å². The van der Waals surface area contributed by atoms with E-state index < -0.39 is 0 Å². The fraction of sp³-hybridized carbons (Fsp3) is 0.944. The molecular weight excluding hydrogens is 246 g/mol. The molecule has 0 aliphatic heterocycles. The van der Waals surface area contributed by atoms with Gasteiger partial charge in [-0.2, -0.15) is 0 Å². The van der Waals surface area contributed by atoms with Gasteiger partial charge in [-0.25, -0.2) is 0 Å². The van der Waals surface area contributed by atoms with Crippen LogP contribution in [0.15, 0.2) is 0 Å². The molecule has 0 spiro atoms. The number of hydrogen-bond donors (Lipinski definition) is 0. The summed E-state index contributed by atoms with van der Waals surface area (Å²) in [6.07, 6.45) is 9.20. The topological polar surface area (TPSA) is 20.3 Å². The van der Waals surface area contributed by atoms with Crippen molar-refractivity contribution >= 4 is 5.78 Å². The van der Waals surface area contributed by atoms with Crippen LogP contribution in [0.4, 0.5) is 0 Å². The zero-order chi connectivity index (χ0) is 14.3. The number of likely N-dealkylation sites (N-methyl/N-ethyl adjacent to an activating group) is 1. The van der Waals surface area contributed by atoms with Gasteiger partial charge < -0.3 is 0 Å². The van der Waals surface area contributed by atoms with Crippen LogP contribution in [0.25, 0.3) is 0 Å². The smallest absolute Gasteiger partial charge is 0.155 e. The molecule has 2 nitrogen and oxygen atoms in total. The average Bonchev–Trinajstić information content (AvgIpc) is 2.64. The van der Waals surface area contributed by atoms with Crippen molar-refractivity contribution in [2.45, 2.75) is 71.8 Å². The van der Waals surface area contributed by atoms with E-state index in [2.05, 4.69) is 25.7 Å². The van der Waals surface area contributed by atoms with Crippen LogP contribution in [0.2, 0.25) is 0 Å². The van der Waals surface area contributed by atoms with Crippen molar-refractivity contribution < 1.29 is 4.79 Å². The molecule has 0 heterocycles. The van der Waals surface area contributed by atoms with Gasteiger partial charge in [-0.1, -0.05) is 13.8 Å². The molecule has 0 saturated heterocycles. The number of hydrogen-bond acceptors (Lipinski definition) is 2. The summed E-state index contributed by atoms with van der Waals surface area (Å²) < 4.78 is 0. The number of fused-ring (bicyclic) bond motifs is 1. The first-order chi connectivity index (χ1) is 9.58. The summed E-state index contributed by atoms with van der Waals surface area (Å²) in [5.41, 5.74) is 0.0564. The monoisotopic (exact) mass is 277 g/mol. The molecule has 0 aromatic rings. The van der Waals surface area contributed by atoms with Crippen molar-refractivity contribution in [2.75, 3.05) is 13.1 Å². The summed E-state index contributed by atoms with van der Waals surface area (Å²) in [4.78, 5) is 15.6. The molecule has 4 bridgehead atoms. The van der Waals surface area contributed by atoms with E-state index in [0.29, 0.717) is 5.78 Å². The maximum Gasteiger partial charge on any atom is 0.155 e. The molecule has 2 heteroatoms. The Labute approximate surface area is 124 Å². The van der Waals surface area contributed by atoms with Gasteiger partial charge in [0.1, 0.15) is 0 Å². The number of carbonyl (C=O) groups excluding carboxylic acids is 1. The lowest BCUT2D eigenvalue weighted by Crippen LogP contribution is -2.49. The zero-order valence-corrected chi connectivity index (χ0v) is 13.5. The predicted molar refractivity (Wildman–Crippen MR) is 82.6 cm³/mol. The molecule has 114 valence electrons. The Morgan fingerprint density at radius 2 is 1.65 bits per heavy atom. The highest BCUT2D eigenvalue weighted by molar-refractivity contribution is 5.89. The van der Waals surface area contributed by atoms with E-state index in [9.17, 15) is 4.79 Å². The van der Waals surface area contributed by atoms with Gasteiger partial charge in [-0.05, 0) is 82.7 Å². The first-order valence-electron chi connectivity index (χ1n) is 8.86. The average molecular weight is 277 g/mol. The normalized spacial score (nSPS) is 40.9. The molecule has 4 fully saturated rings. The highest BCUT2D eigenvalue weighted by Crippen LogP contribution is 2.57. The van der Waals surface area contributed by atoms with Crippen LogP contribution in [0.5, 0.6) is 0 Å². The minimum Gasteiger partial charge on any atom is -0.297 e. The van der Waals surface area contributed by atoms with Crippen LogP contribution in [0.1, 0.15) is 65.7 Å². The maximum atomic E-state index is 13.3. The van der Waals surface area contributed by atoms with Gasteiger partial charge >= 0.3 is 0 Å². The molecule has 4 saturated carbocycles.